The van der Waals surface area contributed by atoms with Gasteiger partial charge in [0.1, 0.15) is 0 Å². The van der Waals surface area contributed by atoms with Crippen LogP contribution in [0.4, 0.5) is 5.69 Å². The van der Waals surface area contributed by atoms with Crippen molar-refractivity contribution in [1.29, 1.82) is 0 Å². The van der Waals surface area contributed by atoms with Gasteiger partial charge in [-0.2, -0.15) is 0 Å². The molecule has 1 aromatic carbocycles. The summed E-state index contributed by atoms with van der Waals surface area (Å²) in [5, 5.41) is 3.43. The zero-order chi connectivity index (χ0) is 13.5. The van der Waals surface area contributed by atoms with Crippen molar-refractivity contribution in [2.75, 3.05) is 18.5 Å². The Labute approximate surface area is 112 Å². The number of nitrogens with one attached hydrogen (secondary N) is 1. The maximum atomic E-state index is 3.43. The van der Waals surface area contributed by atoms with Gasteiger partial charge in [-0.15, -0.1) is 0 Å². The minimum Gasteiger partial charge on any atom is -0.372 e. The standard InChI is InChI=1S/C16H28N2/c1-6-11-17-12-15-7-9-16(10-8-15)18(5)14(4)13(2)3/h7-10,13-14,17H,6,11-12H2,1-5H3. The summed E-state index contributed by atoms with van der Waals surface area (Å²) >= 11 is 0. The minimum absolute atomic E-state index is 0.564. The average molecular weight is 248 g/mol. The quantitative estimate of drug-likeness (QED) is 0.741. The first-order chi connectivity index (χ1) is 8.56. The van der Waals surface area contributed by atoms with E-state index in [4.69, 9.17) is 0 Å². The molecular weight excluding hydrogens is 220 g/mol. The minimum atomic E-state index is 0.564. The first-order valence-electron chi connectivity index (χ1n) is 7.08. The lowest BCUT2D eigenvalue weighted by atomic mass is 10.0. The molecule has 0 aliphatic carbocycles. The van der Waals surface area contributed by atoms with Crippen LogP contribution in [0.5, 0.6) is 0 Å². The Bertz CT molecular complexity index is 329. The summed E-state index contributed by atoms with van der Waals surface area (Å²) in [4.78, 5) is 2.36. The Morgan fingerprint density at radius 3 is 2.22 bits per heavy atom. The number of hydrogen-bond donors (Lipinski definition) is 1. The zero-order valence-corrected chi connectivity index (χ0v) is 12.5. The Hall–Kier alpha value is -1.02. The lowest BCUT2D eigenvalue weighted by Crippen LogP contribution is -2.33. The summed E-state index contributed by atoms with van der Waals surface area (Å²) in [6.45, 7) is 11.1. The van der Waals surface area contributed by atoms with Crippen LogP contribution in [0.25, 0.3) is 0 Å². The first kappa shape index (κ1) is 15.0. The third kappa shape index (κ3) is 4.34. The van der Waals surface area contributed by atoms with Gasteiger partial charge in [0.05, 0.1) is 0 Å². The summed E-state index contributed by atoms with van der Waals surface area (Å²) in [7, 11) is 2.18. The van der Waals surface area contributed by atoms with Gasteiger partial charge in [-0.3, -0.25) is 0 Å². The van der Waals surface area contributed by atoms with Crippen LogP contribution in [-0.2, 0) is 6.54 Å². The molecule has 1 rings (SSSR count). The van der Waals surface area contributed by atoms with Crippen molar-refractivity contribution in [3.63, 3.8) is 0 Å². The van der Waals surface area contributed by atoms with Crippen LogP contribution in [0.1, 0.15) is 39.7 Å². The van der Waals surface area contributed by atoms with Crippen molar-refractivity contribution < 1.29 is 0 Å². The second kappa shape index (κ2) is 7.42. The van der Waals surface area contributed by atoms with Gasteiger partial charge in [-0.1, -0.05) is 32.9 Å². The molecule has 1 unspecified atom stereocenters. The summed E-state index contributed by atoms with van der Waals surface area (Å²) in [6.07, 6.45) is 1.19. The number of anilines is 1. The van der Waals surface area contributed by atoms with E-state index in [-0.39, 0.29) is 0 Å². The third-order valence-electron chi connectivity index (χ3n) is 3.68. The molecule has 2 heteroatoms. The van der Waals surface area contributed by atoms with Gasteiger partial charge in [0.2, 0.25) is 0 Å². The van der Waals surface area contributed by atoms with E-state index < -0.39 is 0 Å². The normalized spacial score (nSPS) is 12.8. The van der Waals surface area contributed by atoms with E-state index in [9.17, 15) is 0 Å². The molecule has 0 radical (unpaired) electrons. The third-order valence-corrected chi connectivity index (χ3v) is 3.68. The average Bonchev–Trinajstić information content (AvgIpc) is 2.38. The molecule has 0 aliphatic rings. The maximum absolute atomic E-state index is 3.43. The molecule has 0 saturated carbocycles. The molecule has 0 fully saturated rings. The molecule has 0 spiro atoms. The van der Waals surface area contributed by atoms with Crippen molar-refractivity contribution in [3.8, 4) is 0 Å². The fourth-order valence-corrected chi connectivity index (χ4v) is 1.94. The highest BCUT2D eigenvalue weighted by Gasteiger charge is 2.13. The van der Waals surface area contributed by atoms with E-state index in [1.54, 1.807) is 0 Å². The van der Waals surface area contributed by atoms with Gasteiger partial charge in [-0.25, -0.2) is 0 Å². The van der Waals surface area contributed by atoms with Crippen LogP contribution in [0.15, 0.2) is 24.3 Å². The van der Waals surface area contributed by atoms with Crippen LogP contribution < -0.4 is 10.2 Å². The summed E-state index contributed by atoms with van der Waals surface area (Å²) in [5.41, 5.74) is 2.66. The van der Waals surface area contributed by atoms with Crippen molar-refractivity contribution in [2.45, 2.75) is 46.7 Å². The smallest absolute Gasteiger partial charge is 0.0366 e. The van der Waals surface area contributed by atoms with E-state index in [0.29, 0.717) is 12.0 Å². The fraction of sp³-hybridized carbons (Fsp3) is 0.625. The van der Waals surface area contributed by atoms with Crippen molar-refractivity contribution in [3.05, 3.63) is 29.8 Å². The summed E-state index contributed by atoms with van der Waals surface area (Å²) in [6, 6.07) is 9.46. The first-order valence-corrected chi connectivity index (χ1v) is 7.08. The van der Waals surface area contributed by atoms with Crippen LogP contribution >= 0.6 is 0 Å². The van der Waals surface area contributed by atoms with Gasteiger partial charge in [-0.05, 0) is 43.5 Å². The predicted octanol–water partition coefficient (Wildman–Crippen LogP) is 3.67. The zero-order valence-electron chi connectivity index (χ0n) is 12.5. The lowest BCUT2D eigenvalue weighted by molar-refractivity contribution is 0.505. The molecule has 0 aliphatic heterocycles. The molecule has 102 valence electrons. The lowest BCUT2D eigenvalue weighted by Gasteiger charge is -2.30. The Morgan fingerprint density at radius 2 is 1.72 bits per heavy atom. The SMILES string of the molecule is CCCNCc1ccc(N(C)C(C)C(C)C)cc1. The van der Waals surface area contributed by atoms with Gasteiger partial charge >= 0.3 is 0 Å². The monoisotopic (exact) mass is 248 g/mol. The molecule has 0 saturated heterocycles. The molecule has 18 heavy (non-hydrogen) atoms. The van der Waals surface area contributed by atoms with E-state index >= 15 is 0 Å². The van der Waals surface area contributed by atoms with Gasteiger partial charge in [0.15, 0.2) is 0 Å². The van der Waals surface area contributed by atoms with Gasteiger partial charge < -0.3 is 10.2 Å². The highest BCUT2D eigenvalue weighted by Crippen LogP contribution is 2.19. The number of nitrogens with zero attached hydrogens (tertiary/aromatic N) is 1. The predicted molar refractivity (Wildman–Crippen MR) is 81.1 cm³/mol. The largest absolute Gasteiger partial charge is 0.372 e. The Kier molecular flexibility index (Phi) is 6.20. The van der Waals surface area contributed by atoms with Crippen LogP contribution in [0.2, 0.25) is 0 Å². The Morgan fingerprint density at radius 1 is 1.11 bits per heavy atom. The van der Waals surface area contributed by atoms with Crippen molar-refractivity contribution in [2.24, 2.45) is 5.92 Å². The molecule has 1 N–H and O–H groups in total. The molecule has 0 heterocycles. The molecule has 0 amide bonds. The van der Waals surface area contributed by atoms with E-state index in [1.165, 1.54) is 17.7 Å². The second-order valence-corrected chi connectivity index (χ2v) is 5.44. The van der Waals surface area contributed by atoms with E-state index in [1.807, 2.05) is 0 Å². The topological polar surface area (TPSA) is 15.3 Å². The molecule has 2 nitrogen and oxygen atoms in total. The van der Waals surface area contributed by atoms with Crippen LogP contribution in [-0.4, -0.2) is 19.6 Å². The highest BCUT2D eigenvalue weighted by atomic mass is 15.1. The van der Waals surface area contributed by atoms with Crippen molar-refractivity contribution >= 4 is 5.69 Å². The summed E-state index contributed by atoms with van der Waals surface area (Å²) in [5.74, 6) is 0.667. The molecule has 1 aromatic rings. The molecule has 0 aromatic heterocycles. The van der Waals surface area contributed by atoms with Crippen LogP contribution in [0.3, 0.4) is 0 Å². The maximum Gasteiger partial charge on any atom is 0.0366 e. The molecular formula is C16H28N2. The van der Waals surface area contributed by atoms with E-state index in [2.05, 4.69) is 69.2 Å². The number of hydrogen-bond acceptors (Lipinski definition) is 2. The highest BCUT2D eigenvalue weighted by molar-refractivity contribution is 5.47. The Balaban J connectivity index is 2.59. The number of rotatable bonds is 7. The van der Waals surface area contributed by atoms with Gasteiger partial charge in [0, 0.05) is 25.3 Å². The molecule has 1 atom stereocenters. The molecule has 0 bridgehead atoms. The summed E-state index contributed by atoms with van der Waals surface area (Å²) < 4.78 is 0. The van der Waals surface area contributed by atoms with Crippen LogP contribution in [0, 0.1) is 5.92 Å². The van der Waals surface area contributed by atoms with Crippen molar-refractivity contribution in [1.82, 2.24) is 5.32 Å². The fourth-order valence-electron chi connectivity index (χ4n) is 1.94. The van der Waals surface area contributed by atoms with E-state index in [0.717, 1.165) is 13.1 Å². The second-order valence-electron chi connectivity index (χ2n) is 5.44. The van der Waals surface area contributed by atoms with Gasteiger partial charge in [0.25, 0.3) is 0 Å². The number of benzene rings is 1.